The number of aliphatic imine (C=N–C) groups is 1. The Bertz CT molecular complexity index is 720. The van der Waals surface area contributed by atoms with Gasteiger partial charge in [0.15, 0.2) is 11.5 Å². The molecule has 0 unspecified atom stereocenters. The Kier molecular flexibility index (Phi) is 5.56. The Hall–Kier alpha value is -2.53. The molecule has 1 aliphatic heterocycles. The second-order valence-electron chi connectivity index (χ2n) is 6.26. The van der Waals surface area contributed by atoms with Crippen molar-refractivity contribution in [3.05, 3.63) is 48.0 Å². The second kappa shape index (κ2) is 8.03. The lowest BCUT2D eigenvalue weighted by molar-refractivity contribution is -0.898. The predicted molar refractivity (Wildman–Crippen MR) is 102 cm³/mol. The molecule has 25 heavy (non-hydrogen) atoms. The van der Waals surface area contributed by atoms with Gasteiger partial charge < -0.3 is 19.6 Å². The van der Waals surface area contributed by atoms with Crippen LogP contribution < -0.4 is 14.5 Å². The van der Waals surface area contributed by atoms with Gasteiger partial charge in [-0.2, -0.15) is 0 Å². The van der Waals surface area contributed by atoms with Gasteiger partial charge in [-0.05, 0) is 43.3 Å². The Morgan fingerprint density at radius 3 is 2.52 bits per heavy atom. The van der Waals surface area contributed by atoms with E-state index in [0.717, 1.165) is 18.8 Å². The average molecular weight is 340 g/mol. The number of phenols is 1. The molecule has 0 radical (unpaired) electrons. The first-order valence-corrected chi connectivity index (χ1v) is 8.80. The Labute approximate surface area is 149 Å². The first kappa shape index (κ1) is 17.3. The number of likely N-dealkylation sites (N-methyl/N-ethyl adjacent to an activating group) is 1. The summed E-state index contributed by atoms with van der Waals surface area (Å²) < 4.78 is 5.12. The Morgan fingerprint density at radius 2 is 1.88 bits per heavy atom. The zero-order chi connectivity index (χ0) is 17.6. The molecule has 2 aromatic carbocycles. The van der Waals surface area contributed by atoms with E-state index in [2.05, 4.69) is 28.9 Å². The zero-order valence-electron chi connectivity index (χ0n) is 14.9. The molecule has 0 aromatic heterocycles. The van der Waals surface area contributed by atoms with E-state index in [1.807, 2.05) is 24.3 Å². The van der Waals surface area contributed by atoms with Gasteiger partial charge in [-0.1, -0.05) is 6.07 Å². The van der Waals surface area contributed by atoms with Crippen LogP contribution in [0.25, 0.3) is 0 Å². The number of benzene rings is 2. The normalized spacial score (nSPS) is 15.7. The quantitative estimate of drug-likeness (QED) is 0.817. The summed E-state index contributed by atoms with van der Waals surface area (Å²) in [6, 6.07) is 13.6. The zero-order valence-corrected chi connectivity index (χ0v) is 14.9. The highest BCUT2D eigenvalue weighted by Gasteiger charge is 2.18. The third kappa shape index (κ3) is 4.12. The number of para-hydroxylation sites is 1. The lowest BCUT2D eigenvalue weighted by Gasteiger charge is -2.33. The smallest absolute Gasteiger partial charge is 0.166 e. The Balaban J connectivity index is 1.67. The lowest BCUT2D eigenvalue weighted by Crippen LogP contribution is -3.14. The van der Waals surface area contributed by atoms with Crippen LogP contribution in [0.4, 0.5) is 11.4 Å². The minimum absolute atomic E-state index is 0.113. The van der Waals surface area contributed by atoms with E-state index < -0.39 is 0 Å². The SMILES string of the molecule is CC[NH+]1CCN(c2ccc(N=Cc3cccc(OC)c3O)cc2)CC1. The van der Waals surface area contributed by atoms with Gasteiger partial charge in [0, 0.05) is 17.5 Å². The maximum atomic E-state index is 10.1. The number of rotatable bonds is 5. The first-order valence-electron chi connectivity index (χ1n) is 8.80. The molecule has 0 bridgehead atoms. The summed E-state index contributed by atoms with van der Waals surface area (Å²) in [4.78, 5) is 8.57. The number of phenolic OH excluding ortho intramolecular Hbond substituents is 1. The van der Waals surface area contributed by atoms with Crippen LogP contribution in [0.1, 0.15) is 12.5 Å². The summed E-state index contributed by atoms with van der Waals surface area (Å²) in [6.07, 6.45) is 1.66. The molecule has 0 spiro atoms. The van der Waals surface area contributed by atoms with E-state index in [4.69, 9.17) is 4.74 Å². The Morgan fingerprint density at radius 1 is 1.16 bits per heavy atom. The number of hydrogen-bond donors (Lipinski definition) is 2. The minimum atomic E-state index is 0.113. The largest absolute Gasteiger partial charge is 0.504 e. The summed E-state index contributed by atoms with van der Waals surface area (Å²) in [7, 11) is 1.54. The third-order valence-corrected chi connectivity index (χ3v) is 4.79. The van der Waals surface area contributed by atoms with Gasteiger partial charge in [0.05, 0.1) is 45.5 Å². The molecule has 0 atom stereocenters. The minimum Gasteiger partial charge on any atom is -0.504 e. The fourth-order valence-corrected chi connectivity index (χ4v) is 3.14. The summed E-state index contributed by atoms with van der Waals surface area (Å²) in [6.45, 7) is 8.06. The molecule has 0 saturated carbocycles. The number of quaternary nitrogens is 1. The van der Waals surface area contributed by atoms with E-state index >= 15 is 0 Å². The van der Waals surface area contributed by atoms with Gasteiger partial charge in [-0.25, -0.2) is 0 Å². The van der Waals surface area contributed by atoms with E-state index in [0.29, 0.717) is 11.3 Å². The molecule has 1 fully saturated rings. The molecule has 1 saturated heterocycles. The third-order valence-electron chi connectivity index (χ3n) is 4.79. The van der Waals surface area contributed by atoms with Crippen LogP contribution in [0, 0.1) is 0 Å². The molecule has 2 aromatic rings. The van der Waals surface area contributed by atoms with Crippen LogP contribution in [0.5, 0.6) is 11.5 Å². The average Bonchev–Trinajstić information content (AvgIpc) is 2.68. The molecule has 1 aliphatic rings. The number of ether oxygens (including phenoxy) is 1. The standard InChI is InChI=1S/C20H25N3O2/c1-3-22-11-13-23(14-12-22)18-9-7-17(8-10-18)21-15-16-5-4-6-19(25-2)20(16)24/h4-10,15,24H,3,11-14H2,1-2H3/p+1. The number of aromatic hydroxyl groups is 1. The van der Waals surface area contributed by atoms with Gasteiger partial charge in [0.25, 0.3) is 0 Å². The van der Waals surface area contributed by atoms with Crippen LogP contribution >= 0.6 is 0 Å². The topological polar surface area (TPSA) is 49.5 Å². The van der Waals surface area contributed by atoms with E-state index in [9.17, 15) is 5.11 Å². The number of anilines is 1. The van der Waals surface area contributed by atoms with E-state index in [1.54, 1.807) is 17.2 Å². The highest BCUT2D eigenvalue weighted by Crippen LogP contribution is 2.28. The van der Waals surface area contributed by atoms with Crippen molar-refractivity contribution in [1.29, 1.82) is 0 Å². The van der Waals surface area contributed by atoms with E-state index in [1.165, 1.54) is 32.4 Å². The molecule has 5 heteroatoms. The molecular weight excluding hydrogens is 314 g/mol. The molecular formula is C20H26N3O2+. The van der Waals surface area contributed by atoms with Crippen molar-refractivity contribution in [2.75, 3.05) is 44.7 Å². The highest BCUT2D eigenvalue weighted by atomic mass is 16.5. The maximum absolute atomic E-state index is 10.1. The first-order chi connectivity index (χ1) is 12.2. The van der Waals surface area contributed by atoms with Crippen molar-refractivity contribution in [1.82, 2.24) is 0 Å². The summed E-state index contributed by atoms with van der Waals surface area (Å²) in [5.74, 6) is 0.564. The monoisotopic (exact) mass is 340 g/mol. The molecule has 0 aliphatic carbocycles. The molecule has 132 valence electrons. The van der Waals surface area contributed by atoms with Crippen molar-refractivity contribution in [2.24, 2.45) is 4.99 Å². The lowest BCUT2D eigenvalue weighted by atomic mass is 10.2. The summed E-state index contributed by atoms with van der Waals surface area (Å²) in [5, 5.41) is 10.1. The predicted octanol–water partition coefficient (Wildman–Crippen LogP) is 1.88. The molecule has 1 heterocycles. The van der Waals surface area contributed by atoms with Crippen LogP contribution in [0.3, 0.4) is 0 Å². The van der Waals surface area contributed by atoms with Crippen molar-refractivity contribution in [2.45, 2.75) is 6.92 Å². The number of nitrogens with zero attached hydrogens (tertiary/aromatic N) is 2. The highest BCUT2D eigenvalue weighted by molar-refractivity contribution is 5.86. The van der Waals surface area contributed by atoms with Crippen molar-refractivity contribution in [3.63, 3.8) is 0 Å². The maximum Gasteiger partial charge on any atom is 0.166 e. The van der Waals surface area contributed by atoms with Crippen molar-refractivity contribution < 1.29 is 14.7 Å². The fraction of sp³-hybridized carbons (Fsp3) is 0.350. The van der Waals surface area contributed by atoms with Crippen LogP contribution in [-0.4, -0.2) is 51.2 Å². The number of piperazine rings is 1. The van der Waals surface area contributed by atoms with E-state index in [-0.39, 0.29) is 5.75 Å². The van der Waals surface area contributed by atoms with Gasteiger partial charge in [-0.15, -0.1) is 0 Å². The summed E-state index contributed by atoms with van der Waals surface area (Å²) >= 11 is 0. The van der Waals surface area contributed by atoms with Gasteiger partial charge in [-0.3, -0.25) is 4.99 Å². The van der Waals surface area contributed by atoms with Gasteiger partial charge in [0.2, 0.25) is 0 Å². The van der Waals surface area contributed by atoms with Crippen LogP contribution in [0.15, 0.2) is 47.5 Å². The van der Waals surface area contributed by atoms with Gasteiger partial charge >= 0.3 is 0 Å². The second-order valence-corrected chi connectivity index (χ2v) is 6.26. The molecule has 5 nitrogen and oxygen atoms in total. The summed E-state index contributed by atoms with van der Waals surface area (Å²) in [5.41, 5.74) is 2.75. The van der Waals surface area contributed by atoms with Crippen LogP contribution in [-0.2, 0) is 0 Å². The van der Waals surface area contributed by atoms with Crippen molar-refractivity contribution in [3.8, 4) is 11.5 Å². The van der Waals surface area contributed by atoms with Crippen molar-refractivity contribution >= 4 is 17.6 Å². The number of nitrogens with one attached hydrogen (secondary N) is 1. The number of methoxy groups -OCH3 is 1. The molecule has 0 amide bonds. The number of hydrogen-bond acceptors (Lipinski definition) is 4. The fourth-order valence-electron chi connectivity index (χ4n) is 3.14. The molecule has 2 N–H and O–H groups in total. The van der Waals surface area contributed by atoms with Gasteiger partial charge in [0.1, 0.15) is 0 Å². The molecule has 3 rings (SSSR count). The van der Waals surface area contributed by atoms with Crippen LogP contribution in [0.2, 0.25) is 0 Å².